The van der Waals surface area contributed by atoms with Gasteiger partial charge in [-0.2, -0.15) is 0 Å². The molecule has 0 radical (unpaired) electrons. The highest BCUT2D eigenvalue weighted by Gasteiger charge is 2.12. The fourth-order valence-corrected chi connectivity index (χ4v) is 1.96. The highest BCUT2D eigenvalue weighted by molar-refractivity contribution is 5.86. The number of hydrogen-bond donors (Lipinski definition) is 1. The summed E-state index contributed by atoms with van der Waals surface area (Å²) < 4.78 is 7.15. The monoisotopic (exact) mass is 269 g/mol. The predicted molar refractivity (Wildman–Crippen MR) is 70.7 cm³/mol. The lowest BCUT2D eigenvalue weighted by Crippen LogP contribution is -2.08. The second-order valence-electron chi connectivity index (χ2n) is 4.14. The van der Waals surface area contributed by atoms with E-state index in [4.69, 9.17) is 4.74 Å². The van der Waals surface area contributed by atoms with Gasteiger partial charge in [0, 0.05) is 6.20 Å². The van der Waals surface area contributed by atoms with Crippen LogP contribution >= 0.6 is 0 Å². The molecule has 0 spiro atoms. The van der Waals surface area contributed by atoms with E-state index in [1.807, 2.05) is 0 Å². The first-order valence-corrected chi connectivity index (χ1v) is 5.97. The summed E-state index contributed by atoms with van der Waals surface area (Å²) in [7, 11) is 0. The van der Waals surface area contributed by atoms with Crippen LogP contribution in [-0.2, 0) is 6.61 Å². The van der Waals surface area contributed by atoms with Gasteiger partial charge in [0.2, 0.25) is 0 Å². The van der Waals surface area contributed by atoms with Crippen LogP contribution in [0.2, 0.25) is 0 Å². The SMILES string of the molecule is O=C(O)c1cccc2ncc(COc3cccnc3)n12. The van der Waals surface area contributed by atoms with Crippen LogP contribution in [0.5, 0.6) is 5.75 Å². The summed E-state index contributed by atoms with van der Waals surface area (Å²) in [5.74, 6) is -0.383. The number of carboxylic acid groups (broad SMARTS) is 1. The van der Waals surface area contributed by atoms with Crippen molar-refractivity contribution >= 4 is 11.6 Å². The van der Waals surface area contributed by atoms with Gasteiger partial charge in [-0.05, 0) is 24.3 Å². The standard InChI is InChI=1S/C14H11N3O3/c18-14(19)12-4-1-5-13-16-7-10(17(12)13)9-20-11-3-2-6-15-8-11/h1-8H,9H2,(H,18,19). The largest absolute Gasteiger partial charge is 0.486 e. The smallest absolute Gasteiger partial charge is 0.352 e. The Bertz CT molecular complexity index is 753. The van der Waals surface area contributed by atoms with E-state index in [1.54, 1.807) is 47.3 Å². The lowest BCUT2D eigenvalue weighted by atomic mass is 10.3. The van der Waals surface area contributed by atoms with Crippen LogP contribution in [0, 0.1) is 0 Å². The number of fused-ring (bicyclic) bond motifs is 1. The number of rotatable bonds is 4. The van der Waals surface area contributed by atoms with Crippen LogP contribution in [0.3, 0.4) is 0 Å². The highest BCUT2D eigenvalue weighted by Crippen LogP contribution is 2.14. The van der Waals surface area contributed by atoms with Crippen molar-refractivity contribution in [3.63, 3.8) is 0 Å². The molecule has 0 aliphatic carbocycles. The Morgan fingerprint density at radius 2 is 2.15 bits per heavy atom. The lowest BCUT2D eigenvalue weighted by Gasteiger charge is -2.07. The van der Waals surface area contributed by atoms with Crippen molar-refractivity contribution in [1.29, 1.82) is 0 Å². The van der Waals surface area contributed by atoms with E-state index in [0.717, 1.165) is 0 Å². The summed E-state index contributed by atoms with van der Waals surface area (Å²) in [5, 5.41) is 9.21. The molecule has 0 saturated carbocycles. The van der Waals surface area contributed by atoms with Gasteiger partial charge in [0.05, 0.1) is 18.1 Å². The quantitative estimate of drug-likeness (QED) is 0.784. The van der Waals surface area contributed by atoms with Crippen molar-refractivity contribution in [2.45, 2.75) is 6.61 Å². The van der Waals surface area contributed by atoms with Gasteiger partial charge >= 0.3 is 5.97 Å². The number of ether oxygens (including phenoxy) is 1. The maximum absolute atomic E-state index is 11.2. The van der Waals surface area contributed by atoms with Gasteiger partial charge in [-0.25, -0.2) is 9.78 Å². The lowest BCUT2D eigenvalue weighted by molar-refractivity contribution is 0.0688. The minimum absolute atomic E-state index is 0.157. The Kier molecular flexibility index (Phi) is 3.04. The first-order valence-electron chi connectivity index (χ1n) is 5.97. The minimum Gasteiger partial charge on any atom is -0.486 e. The van der Waals surface area contributed by atoms with Crippen LogP contribution < -0.4 is 4.74 Å². The van der Waals surface area contributed by atoms with E-state index in [0.29, 0.717) is 17.1 Å². The van der Waals surface area contributed by atoms with E-state index in [-0.39, 0.29) is 12.3 Å². The molecule has 0 aliphatic rings. The number of imidazole rings is 1. The van der Waals surface area contributed by atoms with E-state index in [2.05, 4.69) is 9.97 Å². The van der Waals surface area contributed by atoms with Gasteiger partial charge in [-0.15, -0.1) is 0 Å². The molecule has 3 rings (SSSR count). The van der Waals surface area contributed by atoms with E-state index < -0.39 is 5.97 Å². The van der Waals surface area contributed by atoms with Gasteiger partial charge < -0.3 is 9.84 Å². The molecule has 1 N–H and O–H groups in total. The summed E-state index contributed by atoms with van der Waals surface area (Å²) in [6.07, 6.45) is 4.86. The number of aromatic carboxylic acids is 1. The molecule has 0 saturated heterocycles. The summed E-state index contributed by atoms with van der Waals surface area (Å²) >= 11 is 0. The van der Waals surface area contributed by atoms with Crippen molar-refractivity contribution < 1.29 is 14.6 Å². The average Bonchev–Trinajstić information content (AvgIpc) is 2.89. The van der Waals surface area contributed by atoms with Crippen molar-refractivity contribution in [1.82, 2.24) is 14.4 Å². The maximum Gasteiger partial charge on any atom is 0.352 e. The number of carboxylic acids is 1. The van der Waals surface area contributed by atoms with Crippen LogP contribution in [0.1, 0.15) is 16.2 Å². The molecule has 0 atom stereocenters. The fourth-order valence-electron chi connectivity index (χ4n) is 1.96. The molecule has 6 nitrogen and oxygen atoms in total. The third-order valence-electron chi connectivity index (χ3n) is 2.84. The second kappa shape index (κ2) is 5.00. The van der Waals surface area contributed by atoms with Gasteiger partial charge in [-0.1, -0.05) is 6.07 Å². The average molecular weight is 269 g/mol. The molecule has 0 unspecified atom stereocenters. The van der Waals surface area contributed by atoms with Gasteiger partial charge in [0.25, 0.3) is 0 Å². The Balaban J connectivity index is 1.94. The van der Waals surface area contributed by atoms with Crippen molar-refractivity contribution in [3.8, 4) is 5.75 Å². The first kappa shape index (κ1) is 12.2. The molecule has 3 aromatic heterocycles. The van der Waals surface area contributed by atoms with Crippen LogP contribution in [0.4, 0.5) is 0 Å². The topological polar surface area (TPSA) is 76.7 Å². The summed E-state index contributed by atoms with van der Waals surface area (Å²) in [6, 6.07) is 8.50. The molecule has 0 amide bonds. The normalized spacial score (nSPS) is 10.6. The maximum atomic E-state index is 11.2. The Morgan fingerprint density at radius 3 is 2.90 bits per heavy atom. The third kappa shape index (κ3) is 2.18. The Morgan fingerprint density at radius 1 is 1.25 bits per heavy atom. The summed E-state index contributed by atoms with van der Waals surface area (Å²) in [4.78, 5) is 19.4. The van der Waals surface area contributed by atoms with E-state index >= 15 is 0 Å². The third-order valence-corrected chi connectivity index (χ3v) is 2.84. The molecule has 0 bridgehead atoms. The van der Waals surface area contributed by atoms with Gasteiger partial charge in [0.15, 0.2) is 0 Å². The zero-order valence-corrected chi connectivity index (χ0v) is 10.4. The second-order valence-corrected chi connectivity index (χ2v) is 4.14. The number of carbonyl (C=O) groups is 1. The van der Waals surface area contributed by atoms with Crippen LogP contribution in [0.25, 0.3) is 5.65 Å². The number of pyridine rings is 2. The zero-order chi connectivity index (χ0) is 13.9. The van der Waals surface area contributed by atoms with Crippen molar-refractivity contribution in [3.05, 3.63) is 60.3 Å². The van der Waals surface area contributed by atoms with Crippen LogP contribution in [0.15, 0.2) is 48.9 Å². The molecular formula is C14H11N3O3. The molecular weight excluding hydrogens is 258 g/mol. The zero-order valence-electron chi connectivity index (χ0n) is 10.4. The number of hydrogen-bond acceptors (Lipinski definition) is 4. The van der Waals surface area contributed by atoms with Crippen molar-refractivity contribution in [2.24, 2.45) is 0 Å². The summed E-state index contributed by atoms with van der Waals surface area (Å²) in [5.41, 5.74) is 1.40. The van der Waals surface area contributed by atoms with Crippen LogP contribution in [-0.4, -0.2) is 25.4 Å². The molecule has 0 aromatic carbocycles. The molecule has 100 valence electrons. The first-order chi connectivity index (χ1) is 9.75. The number of nitrogens with zero attached hydrogens (tertiary/aromatic N) is 3. The Labute approximate surface area is 114 Å². The number of aromatic nitrogens is 3. The minimum atomic E-state index is -1.00. The molecule has 3 aromatic rings. The summed E-state index contributed by atoms with van der Waals surface area (Å²) in [6.45, 7) is 0.219. The highest BCUT2D eigenvalue weighted by atomic mass is 16.5. The predicted octanol–water partition coefficient (Wildman–Crippen LogP) is 2.01. The fraction of sp³-hybridized carbons (Fsp3) is 0.0714. The van der Waals surface area contributed by atoms with E-state index in [1.165, 1.54) is 6.07 Å². The molecule has 20 heavy (non-hydrogen) atoms. The van der Waals surface area contributed by atoms with Crippen molar-refractivity contribution in [2.75, 3.05) is 0 Å². The molecule has 3 heterocycles. The molecule has 6 heteroatoms. The van der Waals surface area contributed by atoms with Gasteiger partial charge in [0.1, 0.15) is 23.7 Å². The molecule has 0 fully saturated rings. The van der Waals surface area contributed by atoms with E-state index in [9.17, 15) is 9.90 Å². The Hall–Kier alpha value is -2.89. The molecule has 0 aliphatic heterocycles. The van der Waals surface area contributed by atoms with Gasteiger partial charge in [-0.3, -0.25) is 9.38 Å².